The lowest BCUT2D eigenvalue weighted by Crippen LogP contribution is -2.14. The summed E-state index contributed by atoms with van der Waals surface area (Å²) in [7, 11) is 0. The summed E-state index contributed by atoms with van der Waals surface area (Å²) in [4.78, 5) is 10.4. The van der Waals surface area contributed by atoms with Crippen LogP contribution in [0.2, 0.25) is 0 Å². The average molecular weight is 309 g/mol. The van der Waals surface area contributed by atoms with Crippen LogP contribution in [0, 0.1) is 0 Å². The molecule has 1 aromatic rings. The van der Waals surface area contributed by atoms with Crippen molar-refractivity contribution >= 4 is 38.0 Å². The van der Waals surface area contributed by atoms with Crippen molar-refractivity contribution in [1.29, 1.82) is 0 Å². The Morgan fingerprint density at radius 2 is 2.08 bits per heavy atom. The molecule has 0 aliphatic heterocycles. The summed E-state index contributed by atoms with van der Waals surface area (Å²) >= 11 is 6.51. The number of hydrogen-bond donors (Lipinski definition) is 1. The number of carbonyl (C=O) groups excluding carboxylic acids is 1. The number of carbonyl (C=O) groups is 1. The quantitative estimate of drug-likeness (QED) is 0.854. The molecular weight excluding hydrogens is 302 g/mol. The van der Waals surface area contributed by atoms with Gasteiger partial charge in [-0.3, -0.25) is 0 Å². The van der Waals surface area contributed by atoms with Crippen molar-refractivity contribution in [3.63, 3.8) is 0 Å². The summed E-state index contributed by atoms with van der Waals surface area (Å²) in [6.45, 7) is 0. The van der Waals surface area contributed by atoms with E-state index in [1.54, 1.807) is 0 Å². The van der Waals surface area contributed by atoms with E-state index in [1.165, 1.54) is 0 Å². The lowest BCUT2D eigenvalue weighted by molar-refractivity contribution is 0.148. The van der Waals surface area contributed by atoms with Gasteiger partial charge in [0.05, 0.1) is 0 Å². The second-order valence-corrected chi connectivity index (χ2v) is 3.96. The van der Waals surface area contributed by atoms with Crippen molar-refractivity contribution < 1.29 is 9.53 Å². The Bertz CT molecular complexity index is 317. The predicted octanol–water partition coefficient (Wildman–Crippen LogP) is 2.94. The third-order valence-corrected chi connectivity index (χ3v) is 2.77. The molecule has 1 amide bonds. The largest absolute Gasteiger partial charge is 0.430 e. The zero-order valence-corrected chi connectivity index (χ0v) is 9.71. The third kappa shape index (κ3) is 3.00. The van der Waals surface area contributed by atoms with Crippen molar-refractivity contribution in [2.24, 2.45) is 5.73 Å². The Morgan fingerprint density at radius 3 is 2.62 bits per heavy atom. The number of hydrogen-bond acceptors (Lipinski definition) is 2. The number of halogens is 2. The van der Waals surface area contributed by atoms with E-state index >= 15 is 0 Å². The Hall–Kier alpha value is -0.550. The molecule has 70 valence electrons. The number of nitrogens with two attached hydrogens (primary N) is 1. The van der Waals surface area contributed by atoms with Gasteiger partial charge in [0, 0.05) is 10.0 Å². The van der Waals surface area contributed by atoms with Gasteiger partial charge in [-0.15, -0.1) is 0 Å². The number of primary amides is 1. The maximum absolute atomic E-state index is 10.4. The Morgan fingerprint density at radius 1 is 1.46 bits per heavy atom. The van der Waals surface area contributed by atoms with Crippen LogP contribution in [-0.4, -0.2) is 6.09 Å². The van der Waals surface area contributed by atoms with Gasteiger partial charge >= 0.3 is 6.09 Å². The first kappa shape index (κ1) is 10.5. The van der Waals surface area contributed by atoms with Crippen LogP contribution < -0.4 is 5.73 Å². The maximum atomic E-state index is 10.4. The second kappa shape index (κ2) is 4.62. The first-order valence-electron chi connectivity index (χ1n) is 3.46. The van der Waals surface area contributed by atoms with E-state index in [-0.39, 0.29) is 0 Å². The van der Waals surface area contributed by atoms with E-state index in [4.69, 9.17) is 10.5 Å². The van der Waals surface area contributed by atoms with E-state index in [0.717, 1.165) is 10.0 Å². The van der Waals surface area contributed by atoms with Crippen LogP contribution in [-0.2, 0) is 4.74 Å². The zero-order valence-electron chi connectivity index (χ0n) is 6.54. The fourth-order valence-electron chi connectivity index (χ4n) is 0.825. The smallest absolute Gasteiger partial charge is 0.405 e. The second-order valence-electron chi connectivity index (χ2n) is 2.27. The molecule has 0 bridgehead atoms. The highest BCUT2D eigenvalue weighted by atomic mass is 79.9. The first-order chi connectivity index (χ1) is 6.11. The third-order valence-electron chi connectivity index (χ3n) is 1.37. The van der Waals surface area contributed by atoms with Gasteiger partial charge in [-0.1, -0.05) is 34.1 Å². The van der Waals surface area contributed by atoms with Gasteiger partial charge in [-0.25, -0.2) is 4.79 Å². The van der Waals surface area contributed by atoms with Crippen LogP contribution in [0.1, 0.15) is 10.6 Å². The van der Waals surface area contributed by atoms with E-state index in [2.05, 4.69) is 31.9 Å². The fourth-order valence-corrected chi connectivity index (χ4v) is 2.21. The number of amides is 1. The molecule has 0 radical (unpaired) electrons. The molecule has 0 saturated heterocycles. The Balaban J connectivity index is 2.82. The molecule has 0 aliphatic rings. The number of alkyl halides is 1. The van der Waals surface area contributed by atoms with Crippen LogP contribution in [0.3, 0.4) is 0 Å². The fraction of sp³-hybridized carbons (Fsp3) is 0.125. The molecule has 0 saturated carbocycles. The average Bonchev–Trinajstić information content (AvgIpc) is 2.03. The molecule has 1 unspecified atom stereocenters. The van der Waals surface area contributed by atoms with E-state index in [1.807, 2.05) is 24.3 Å². The molecule has 5 heteroatoms. The summed E-state index contributed by atoms with van der Waals surface area (Å²) < 4.78 is 5.60. The number of ether oxygens (including phenoxy) is 1. The summed E-state index contributed by atoms with van der Waals surface area (Å²) in [6.07, 6.45) is -0.808. The molecule has 0 spiro atoms. The van der Waals surface area contributed by atoms with Crippen LogP contribution in [0.15, 0.2) is 28.7 Å². The first-order valence-corrected chi connectivity index (χ1v) is 5.16. The molecule has 0 aromatic heterocycles. The molecule has 0 fully saturated rings. The molecule has 1 aromatic carbocycles. The summed E-state index contributed by atoms with van der Waals surface area (Å²) in [5.41, 5.74) is 5.69. The molecule has 0 aliphatic carbocycles. The van der Waals surface area contributed by atoms with Gasteiger partial charge in [-0.05, 0) is 22.0 Å². The van der Waals surface area contributed by atoms with Gasteiger partial charge in [-0.2, -0.15) is 0 Å². The van der Waals surface area contributed by atoms with Gasteiger partial charge in [0.15, 0.2) is 5.01 Å². The topological polar surface area (TPSA) is 52.3 Å². The molecule has 3 nitrogen and oxygen atoms in total. The summed E-state index contributed by atoms with van der Waals surface area (Å²) in [5.74, 6) is 0. The normalized spacial score (nSPS) is 12.2. The van der Waals surface area contributed by atoms with Gasteiger partial charge in [0.1, 0.15) is 0 Å². The van der Waals surface area contributed by atoms with Crippen LogP contribution >= 0.6 is 31.9 Å². The SMILES string of the molecule is NC(=O)OC(Br)c1ccccc1Br. The minimum absolute atomic E-state index is 0.513. The minimum atomic E-state index is -0.808. The van der Waals surface area contributed by atoms with E-state index in [0.29, 0.717) is 0 Å². The zero-order chi connectivity index (χ0) is 9.84. The maximum Gasteiger partial charge on any atom is 0.405 e. The number of benzene rings is 1. The highest BCUT2D eigenvalue weighted by Crippen LogP contribution is 2.30. The van der Waals surface area contributed by atoms with Crippen LogP contribution in [0.25, 0.3) is 0 Å². The lowest BCUT2D eigenvalue weighted by atomic mass is 10.2. The van der Waals surface area contributed by atoms with Crippen LogP contribution in [0.4, 0.5) is 4.79 Å². The molecule has 1 atom stereocenters. The Kier molecular flexibility index (Phi) is 3.74. The van der Waals surface area contributed by atoms with Crippen molar-refractivity contribution in [3.05, 3.63) is 34.3 Å². The Labute approximate surface area is 92.5 Å². The lowest BCUT2D eigenvalue weighted by Gasteiger charge is -2.10. The molecular formula is C8H7Br2NO2. The number of rotatable bonds is 2. The molecule has 1 rings (SSSR count). The van der Waals surface area contributed by atoms with Crippen molar-refractivity contribution in [3.8, 4) is 0 Å². The van der Waals surface area contributed by atoms with E-state index < -0.39 is 11.1 Å². The van der Waals surface area contributed by atoms with Crippen molar-refractivity contribution in [1.82, 2.24) is 0 Å². The van der Waals surface area contributed by atoms with Crippen molar-refractivity contribution in [2.45, 2.75) is 5.01 Å². The van der Waals surface area contributed by atoms with Gasteiger partial charge in [0.25, 0.3) is 0 Å². The minimum Gasteiger partial charge on any atom is -0.430 e. The summed E-state index contributed by atoms with van der Waals surface area (Å²) in [6, 6.07) is 7.40. The van der Waals surface area contributed by atoms with Crippen LogP contribution in [0.5, 0.6) is 0 Å². The van der Waals surface area contributed by atoms with Gasteiger partial charge < -0.3 is 10.5 Å². The summed E-state index contributed by atoms with van der Waals surface area (Å²) in [5, 5.41) is -0.513. The highest BCUT2D eigenvalue weighted by molar-refractivity contribution is 9.11. The standard InChI is InChI=1S/C8H7Br2NO2/c9-6-4-2-1-3-5(6)7(10)13-8(11)12/h1-4,7H,(H2,11,12). The molecule has 0 heterocycles. The highest BCUT2D eigenvalue weighted by Gasteiger charge is 2.12. The molecule has 2 N–H and O–H groups in total. The van der Waals surface area contributed by atoms with Crippen molar-refractivity contribution in [2.75, 3.05) is 0 Å². The van der Waals surface area contributed by atoms with E-state index in [9.17, 15) is 4.79 Å². The predicted molar refractivity (Wildman–Crippen MR) is 56.5 cm³/mol. The van der Waals surface area contributed by atoms with Gasteiger partial charge in [0.2, 0.25) is 0 Å². The molecule has 13 heavy (non-hydrogen) atoms. The monoisotopic (exact) mass is 307 g/mol.